The van der Waals surface area contributed by atoms with E-state index >= 15 is 0 Å². The van der Waals surface area contributed by atoms with Crippen LogP contribution in [0.4, 0.5) is 0 Å². The molecule has 19 heavy (non-hydrogen) atoms. The van der Waals surface area contributed by atoms with E-state index in [0.29, 0.717) is 13.2 Å². The molecule has 1 amide bonds. The number of carbonyl (C=O) groups is 1. The Morgan fingerprint density at radius 1 is 1.32 bits per heavy atom. The van der Waals surface area contributed by atoms with Crippen LogP contribution in [-0.4, -0.2) is 37.0 Å². The van der Waals surface area contributed by atoms with Crippen molar-refractivity contribution in [1.82, 2.24) is 4.90 Å². The summed E-state index contributed by atoms with van der Waals surface area (Å²) in [5, 5.41) is 0. The van der Waals surface area contributed by atoms with Gasteiger partial charge in [0.1, 0.15) is 12.4 Å². The lowest BCUT2D eigenvalue weighted by Crippen LogP contribution is -2.49. The van der Waals surface area contributed by atoms with Gasteiger partial charge in [-0.2, -0.15) is 0 Å². The third kappa shape index (κ3) is 4.91. The molecular formula is C15H24N2O2. The second-order valence-corrected chi connectivity index (χ2v) is 5.77. The van der Waals surface area contributed by atoms with Gasteiger partial charge in [0.25, 0.3) is 0 Å². The van der Waals surface area contributed by atoms with E-state index in [-0.39, 0.29) is 11.3 Å². The van der Waals surface area contributed by atoms with E-state index in [1.807, 2.05) is 51.1 Å². The molecule has 0 heterocycles. The normalized spacial score (nSPS) is 12.9. The van der Waals surface area contributed by atoms with E-state index in [1.54, 1.807) is 11.9 Å². The number of carbonyl (C=O) groups excluding carboxylic acids is 1. The molecule has 0 aromatic heterocycles. The number of hydrogen-bond donors (Lipinski definition) is 1. The van der Waals surface area contributed by atoms with Crippen molar-refractivity contribution in [2.24, 2.45) is 11.1 Å². The summed E-state index contributed by atoms with van der Waals surface area (Å²) in [6.45, 7) is 6.87. The van der Waals surface area contributed by atoms with Gasteiger partial charge in [0.05, 0.1) is 12.6 Å². The van der Waals surface area contributed by atoms with Crippen molar-refractivity contribution in [2.45, 2.75) is 26.8 Å². The fraction of sp³-hybridized carbons (Fsp3) is 0.533. The van der Waals surface area contributed by atoms with Gasteiger partial charge in [-0.3, -0.25) is 4.79 Å². The van der Waals surface area contributed by atoms with Crippen molar-refractivity contribution in [3.63, 3.8) is 0 Å². The van der Waals surface area contributed by atoms with E-state index in [1.165, 1.54) is 0 Å². The number of rotatable bonds is 5. The van der Waals surface area contributed by atoms with Crippen LogP contribution in [0.25, 0.3) is 0 Å². The summed E-state index contributed by atoms with van der Waals surface area (Å²) < 4.78 is 5.56. The molecule has 0 fully saturated rings. The van der Waals surface area contributed by atoms with Crippen LogP contribution in [-0.2, 0) is 4.79 Å². The van der Waals surface area contributed by atoms with Crippen LogP contribution < -0.4 is 10.5 Å². The van der Waals surface area contributed by atoms with Crippen molar-refractivity contribution >= 4 is 5.91 Å². The summed E-state index contributed by atoms with van der Waals surface area (Å²) in [5.41, 5.74) is 5.72. The van der Waals surface area contributed by atoms with E-state index in [2.05, 4.69) is 0 Å². The molecule has 0 saturated heterocycles. The van der Waals surface area contributed by atoms with Crippen LogP contribution in [0.1, 0.15) is 20.8 Å². The van der Waals surface area contributed by atoms with Crippen molar-refractivity contribution < 1.29 is 9.53 Å². The lowest BCUT2D eigenvalue weighted by molar-refractivity contribution is -0.133. The highest BCUT2D eigenvalue weighted by molar-refractivity contribution is 5.82. The third-order valence-electron chi connectivity index (χ3n) is 3.01. The minimum absolute atomic E-state index is 0.0517. The average molecular weight is 264 g/mol. The highest BCUT2D eigenvalue weighted by Crippen LogP contribution is 2.18. The van der Waals surface area contributed by atoms with E-state index in [9.17, 15) is 4.79 Å². The number of amides is 1. The summed E-state index contributed by atoms with van der Waals surface area (Å²) in [7, 11) is 1.75. The first-order valence-corrected chi connectivity index (χ1v) is 6.51. The maximum Gasteiger partial charge on any atom is 0.239 e. The van der Waals surface area contributed by atoms with Gasteiger partial charge in [-0.15, -0.1) is 0 Å². The molecule has 1 aromatic carbocycles. The van der Waals surface area contributed by atoms with E-state index in [4.69, 9.17) is 10.5 Å². The molecule has 0 aliphatic rings. The molecule has 0 unspecified atom stereocenters. The van der Waals surface area contributed by atoms with Crippen LogP contribution >= 0.6 is 0 Å². The summed E-state index contributed by atoms with van der Waals surface area (Å²) in [6.07, 6.45) is 0. The Hall–Kier alpha value is -1.55. The Balaban J connectivity index is 2.39. The van der Waals surface area contributed by atoms with Gasteiger partial charge in [0, 0.05) is 7.05 Å². The predicted molar refractivity (Wildman–Crippen MR) is 77.0 cm³/mol. The minimum atomic E-state index is -0.491. The predicted octanol–water partition coefficient (Wildman–Crippen LogP) is 1.90. The zero-order valence-electron chi connectivity index (χ0n) is 12.2. The van der Waals surface area contributed by atoms with Crippen molar-refractivity contribution in [1.29, 1.82) is 0 Å². The number of nitrogens with zero attached hydrogens (tertiary/aromatic N) is 1. The molecule has 2 N–H and O–H groups in total. The SMILES string of the molecule is CN(CCOc1ccccc1)C(=O)[C@@H](N)C(C)(C)C. The van der Waals surface area contributed by atoms with E-state index in [0.717, 1.165) is 5.75 Å². The van der Waals surface area contributed by atoms with Crippen molar-refractivity contribution in [3.8, 4) is 5.75 Å². The second kappa shape index (κ2) is 6.57. The van der Waals surface area contributed by atoms with Gasteiger partial charge in [-0.1, -0.05) is 39.0 Å². The summed E-state index contributed by atoms with van der Waals surface area (Å²) in [6, 6.07) is 9.06. The second-order valence-electron chi connectivity index (χ2n) is 5.77. The quantitative estimate of drug-likeness (QED) is 0.883. The zero-order valence-corrected chi connectivity index (χ0v) is 12.2. The summed E-state index contributed by atoms with van der Waals surface area (Å²) >= 11 is 0. The molecule has 0 aliphatic heterocycles. The zero-order chi connectivity index (χ0) is 14.5. The third-order valence-corrected chi connectivity index (χ3v) is 3.01. The van der Waals surface area contributed by atoms with Gasteiger partial charge < -0.3 is 15.4 Å². The first-order valence-electron chi connectivity index (χ1n) is 6.51. The van der Waals surface area contributed by atoms with Crippen LogP contribution in [0.3, 0.4) is 0 Å². The molecule has 4 heteroatoms. The standard InChI is InChI=1S/C15H24N2O2/c1-15(2,3)13(16)14(18)17(4)10-11-19-12-8-6-5-7-9-12/h5-9,13H,10-11,16H2,1-4H3/t13-/m1/s1. The lowest BCUT2D eigenvalue weighted by Gasteiger charge is -2.29. The number of para-hydroxylation sites is 1. The minimum Gasteiger partial charge on any atom is -0.492 e. The van der Waals surface area contributed by atoms with Crippen LogP contribution in [0, 0.1) is 5.41 Å². The smallest absolute Gasteiger partial charge is 0.239 e. The number of nitrogens with two attached hydrogens (primary N) is 1. The molecule has 0 bridgehead atoms. The lowest BCUT2D eigenvalue weighted by atomic mass is 9.86. The summed E-state index contributed by atoms with van der Waals surface area (Å²) in [4.78, 5) is 13.7. The van der Waals surface area contributed by atoms with Gasteiger partial charge in [0.2, 0.25) is 5.91 Å². The molecule has 4 nitrogen and oxygen atoms in total. The largest absolute Gasteiger partial charge is 0.492 e. The number of hydrogen-bond acceptors (Lipinski definition) is 3. The Bertz CT molecular complexity index is 398. The van der Waals surface area contributed by atoms with Gasteiger partial charge in [-0.05, 0) is 17.5 Å². The number of likely N-dealkylation sites (N-methyl/N-ethyl adjacent to an activating group) is 1. The average Bonchev–Trinajstić information content (AvgIpc) is 2.37. The van der Waals surface area contributed by atoms with Crippen LogP contribution in [0.5, 0.6) is 5.75 Å². The number of benzene rings is 1. The maximum atomic E-state index is 12.1. The van der Waals surface area contributed by atoms with Gasteiger partial charge in [-0.25, -0.2) is 0 Å². The fourth-order valence-electron chi connectivity index (χ4n) is 1.54. The van der Waals surface area contributed by atoms with Crippen molar-refractivity contribution in [2.75, 3.05) is 20.2 Å². The Labute approximate surface area is 115 Å². The molecule has 0 spiro atoms. The molecule has 1 aromatic rings. The molecular weight excluding hydrogens is 240 g/mol. The van der Waals surface area contributed by atoms with Gasteiger partial charge in [0.15, 0.2) is 0 Å². The van der Waals surface area contributed by atoms with Gasteiger partial charge >= 0.3 is 0 Å². The highest BCUT2D eigenvalue weighted by Gasteiger charge is 2.29. The molecule has 106 valence electrons. The first-order chi connectivity index (χ1) is 8.82. The Kier molecular flexibility index (Phi) is 5.36. The van der Waals surface area contributed by atoms with E-state index < -0.39 is 6.04 Å². The van der Waals surface area contributed by atoms with Crippen LogP contribution in [0.2, 0.25) is 0 Å². The molecule has 0 radical (unpaired) electrons. The van der Waals surface area contributed by atoms with Crippen LogP contribution in [0.15, 0.2) is 30.3 Å². The fourth-order valence-corrected chi connectivity index (χ4v) is 1.54. The Morgan fingerprint density at radius 2 is 1.89 bits per heavy atom. The maximum absolute atomic E-state index is 12.1. The molecule has 1 rings (SSSR count). The monoisotopic (exact) mass is 264 g/mol. The highest BCUT2D eigenvalue weighted by atomic mass is 16.5. The molecule has 0 saturated carbocycles. The summed E-state index contributed by atoms with van der Waals surface area (Å²) in [5.74, 6) is 0.757. The molecule has 1 atom stereocenters. The Morgan fingerprint density at radius 3 is 2.42 bits per heavy atom. The molecule has 0 aliphatic carbocycles. The first kappa shape index (κ1) is 15.5. The topological polar surface area (TPSA) is 55.6 Å². The van der Waals surface area contributed by atoms with Crippen molar-refractivity contribution in [3.05, 3.63) is 30.3 Å². The number of ether oxygens (including phenoxy) is 1.